The second-order valence-corrected chi connectivity index (χ2v) is 9.90. The smallest absolute Gasteiger partial charge is 0.475 e. The van der Waals surface area contributed by atoms with Crippen molar-refractivity contribution in [3.8, 4) is 0 Å². The highest BCUT2D eigenvalue weighted by Crippen LogP contribution is 2.38. The first-order valence-electron chi connectivity index (χ1n) is 10.7. The van der Waals surface area contributed by atoms with Crippen LogP contribution in [0.3, 0.4) is 0 Å². The van der Waals surface area contributed by atoms with E-state index in [1.54, 1.807) is 0 Å². The molecule has 1 saturated carbocycles. The fraction of sp³-hybridized carbons (Fsp3) is 0.750. The number of halogens is 3. The zero-order valence-corrected chi connectivity index (χ0v) is 19.1. The maximum Gasteiger partial charge on any atom is 0.490 e. The molecular formula is C20H29F3N6O4. The van der Waals surface area contributed by atoms with Gasteiger partial charge in [0.2, 0.25) is 11.7 Å². The van der Waals surface area contributed by atoms with E-state index in [-0.39, 0.29) is 22.9 Å². The Balaban J connectivity index is 0.000000383. The standard InChI is InChI=1S/C18H28N6O2.C2HF3O2/c1-17(2,3)19-15(25)14-21-20-13-9-22(4)18(11-24(13)14)7-8-23(10-18)16(26)12-5-6-12;3-2(4,5)1(6)7/h12H,5-11H2,1-4H3,(H,19,25);(H,6,7). The normalized spacial score (nSPS) is 23.1. The Bertz CT molecular complexity index is 937. The van der Waals surface area contributed by atoms with Crippen molar-refractivity contribution in [2.45, 2.75) is 70.4 Å². The Morgan fingerprint density at radius 2 is 1.73 bits per heavy atom. The molecule has 0 aromatic carbocycles. The lowest BCUT2D eigenvalue weighted by Crippen LogP contribution is -2.55. The van der Waals surface area contributed by atoms with E-state index in [2.05, 4.69) is 27.5 Å². The summed E-state index contributed by atoms with van der Waals surface area (Å²) in [6.45, 7) is 8.65. The first-order chi connectivity index (χ1) is 15.1. The predicted molar refractivity (Wildman–Crippen MR) is 109 cm³/mol. The zero-order valence-electron chi connectivity index (χ0n) is 19.1. The minimum atomic E-state index is -5.08. The van der Waals surface area contributed by atoms with Crippen molar-refractivity contribution < 1.29 is 32.7 Å². The highest BCUT2D eigenvalue weighted by Gasteiger charge is 2.49. The molecular weight excluding hydrogens is 445 g/mol. The number of alkyl halides is 3. The van der Waals surface area contributed by atoms with Gasteiger partial charge in [-0.2, -0.15) is 13.2 Å². The zero-order chi connectivity index (χ0) is 24.8. The number of aromatic nitrogens is 3. The molecule has 1 aromatic heterocycles. The molecule has 13 heteroatoms. The summed E-state index contributed by atoms with van der Waals surface area (Å²) in [4.78, 5) is 38.3. The molecule has 2 amide bonds. The van der Waals surface area contributed by atoms with Crippen molar-refractivity contribution in [3.05, 3.63) is 11.6 Å². The minimum Gasteiger partial charge on any atom is -0.475 e. The van der Waals surface area contributed by atoms with Gasteiger partial charge in [-0.25, -0.2) is 4.79 Å². The first kappa shape index (κ1) is 24.9. The average Bonchev–Trinajstić information content (AvgIpc) is 3.32. The molecule has 1 unspecified atom stereocenters. The Kier molecular flexibility index (Phi) is 6.48. The van der Waals surface area contributed by atoms with Gasteiger partial charge < -0.3 is 19.9 Å². The molecule has 0 radical (unpaired) electrons. The fourth-order valence-electron chi connectivity index (χ4n) is 4.05. The number of rotatable bonds is 2. The van der Waals surface area contributed by atoms with Gasteiger partial charge in [0, 0.05) is 31.1 Å². The van der Waals surface area contributed by atoms with Gasteiger partial charge in [0.15, 0.2) is 0 Å². The lowest BCUT2D eigenvalue weighted by molar-refractivity contribution is -0.192. The van der Waals surface area contributed by atoms with Gasteiger partial charge in [-0.05, 0) is 47.1 Å². The molecule has 1 aromatic rings. The third-order valence-electron chi connectivity index (χ3n) is 5.97. The molecule has 1 spiro atoms. The van der Waals surface area contributed by atoms with Crippen molar-refractivity contribution >= 4 is 17.8 Å². The maximum atomic E-state index is 12.6. The van der Waals surface area contributed by atoms with Crippen LogP contribution in [0.15, 0.2) is 0 Å². The molecule has 4 rings (SSSR count). The van der Waals surface area contributed by atoms with E-state index < -0.39 is 12.1 Å². The number of nitrogens with one attached hydrogen (secondary N) is 1. The highest BCUT2D eigenvalue weighted by molar-refractivity contribution is 5.91. The largest absolute Gasteiger partial charge is 0.490 e. The van der Waals surface area contributed by atoms with Crippen LogP contribution in [0.4, 0.5) is 13.2 Å². The summed E-state index contributed by atoms with van der Waals surface area (Å²) in [5.74, 6) is -1.22. The summed E-state index contributed by atoms with van der Waals surface area (Å²) in [6.07, 6.45) is -2.10. The van der Waals surface area contributed by atoms with E-state index >= 15 is 0 Å². The SMILES string of the molecule is CN1Cc2nnc(C(=O)NC(C)(C)C)n2CC12CCN(C(=O)C1CC1)C2.O=C(O)C(F)(F)F. The van der Waals surface area contributed by atoms with Crippen molar-refractivity contribution in [1.82, 2.24) is 29.9 Å². The number of fused-ring (bicyclic) bond motifs is 1. The first-order valence-corrected chi connectivity index (χ1v) is 10.7. The number of carboxylic acids is 1. The summed E-state index contributed by atoms with van der Waals surface area (Å²) in [5, 5.41) is 18.5. The molecule has 1 atom stereocenters. The molecule has 33 heavy (non-hydrogen) atoms. The number of hydrogen-bond donors (Lipinski definition) is 2. The van der Waals surface area contributed by atoms with Crippen LogP contribution in [0.1, 0.15) is 56.5 Å². The van der Waals surface area contributed by atoms with Crippen LogP contribution in [0.5, 0.6) is 0 Å². The summed E-state index contributed by atoms with van der Waals surface area (Å²) in [6, 6.07) is 0. The van der Waals surface area contributed by atoms with Gasteiger partial charge in [0.05, 0.1) is 12.1 Å². The molecule has 0 bridgehead atoms. The monoisotopic (exact) mass is 474 g/mol. The van der Waals surface area contributed by atoms with Crippen LogP contribution >= 0.6 is 0 Å². The van der Waals surface area contributed by atoms with Crippen LogP contribution in [0.25, 0.3) is 0 Å². The Morgan fingerprint density at radius 3 is 2.24 bits per heavy atom. The third-order valence-corrected chi connectivity index (χ3v) is 5.97. The number of carbonyl (C=O) groups excluding carboxylic acids is 2. The van der Waals surface area contributed by atoms with Crippen LogP contribution in [-0.4, -0.2) is 84.8 Å². The van der Waals surface area contributed by atoms with Crippen molar-refractivity contribution in [3.63, 3.8) is 0 Å². The summed E-state index contributed by atoms with van der Waals surface area (Å²) in [7, 11) is 2.08. The van der Waals surface area contributed by atoms with E-state index in [0.29, 0.717) is 24.8 Å². The third kappa shape index (κ3) is 5.63. The van der Waals surface area contributed by atoms with Gasteiger partial charge in [-0.15, -0.1) is 10.2 Å². The molecule has 1 aliphatic carbocycles. The number of amides is 2. The van der Waals surface area contributed by atoms with Crippen molar-refractivity contribution in [2.75, 3.05) is 20.1 Å². The van der Waals surface area contributed by atoms with Gasteiger partial charge in [-0.1, -0.05) is 0 Å². The number of nitrogens with zero attached hydrogens (tertiary/aromatic N) is 5. The van der Waals surface area contributed by atoms with Gasteiger partial charge in [0.25, 0.3) is 5.91 Å². The Labute approximate surface area is 189 Å². The fourth-order valence-corrected chi connectivity index (χ4v) is 4.05. The molecule has 3 heterocycles. The molecule has 184 valence electrons. The van der Waals surface area contributed by atoms with Crippen LogP contribution in [-0.2, 0) is 22.7 Å². The number of aliphatic carboxylic acids is 1. The quantitative estimate of drug-likeness (QED) is 0.662. The Morgan fingerprint density at radius 1 is 1.12 bits per heavy atom. The molecule has 10 nitrogen and oxygen atoms in total. The number of carboxylic acid groups (broad SMARTS) is 1. The predicted octanol–water partition coefficient (Wildman–Crippen LogP) is 1.27. The number of likely N-dealkylation sites (N-methyl/N-ethyl adjacent to an activating group) is 1. The lowest BCUT2D eigenvalue weighted by atomic mass is 9.94. The van der Waals surface area contributed by atoms with E-state index in [4.69, 9.17) is 9.90 Å². The van der Waals surface area contributed by atoms with Crippen LogP contribution < -0.4 is 5.32 Å². The number of hydrogen-bond acceptors (Lipinski definition) is 6. The highest BCUT2D eigenvalue weighted by atomic mass is 19.4. The molecule has 2 aliphatic heterocycles. The molecule has 1 saturated heterocycles. The van der Waals surface area contributed by atoms with Crippen molar-refractivity contribution in [1.29, 1.82) is 0 Å². The van der Waals surface area contributed by atoms with E-state index in [9.17, 15) is 22.8 Å². The molecule has 2 N–H and O–H groups in total. The minimum absolute atomic E-state index is 0.142. The Hall–Kier alpha value is -2.70. The van der Waals surface area contributed by atoms with Gasteiger partial charge >= 0.3 is 12.1 Å². The second-order valence-electron chi connectivity index (χ2n) is 9.90. The van der Waals surface area contributed by atoms with Crippen molar-refractivity contribution in [2.24, 2.45) is 5.92 Å². The van der Waals surface area contributed by atoms with Gasteiger partial charge in [-0.3, -0.25) is 14.5 Å². The summed E-state index contributed by atoms with van der Waals surface area (Å²) >= 11 is 0. The van der Waals surface area contributed by atoms with Gasteiger partial charge in [0.1, 0.15) is 5.82 Å². The molecule has 2 fully saturated rings. The lowest BCUT2D eigenvalue weighted by Gasteiger charge is -2.42. The van der Waals surface area contributed by atoms with Crippen LogP contribution in [0.2, 0.25) is 0 Å². The second kappa shape index (κ2) is 8.58. The summed E-state index contributed by atoms with van der Waals surface area (Å²) < 4.78 is 33.7. The van der Waals surface area contributed by atoms with E-state index in [1.807, 2.05) is 30.2 Å². The summed E-state index contributed by atoms with van der Waals surface area (Å²) in [5.41, 5.74) is -0.468. The number of likely N-dealkylation sites (tertiary alicyclic amines) is 1. The maximum absolute atomic E-state index is 12.6. The molecule has 3 aliphatic rings. The van der Waals surface area contributed by atoms with E-state index in [1.165, 1.54) is 0 Å². The van der Waals surface area contributed by atoms with Crippen LogP contribution in [0, 0.1) is 5.92 Å². The number of carbonyl (C=O) groups is 3. The topological polar surface area (TPSA) is 121 Å². The van der Waals surface area contributed by atoms with E-state index in [0.717, 1.165) is 38.2 Å². The average molecular weight is 474 g/mol.